The van der Waals surface area contributed by atoms with Gasteiger partial charge in [-0.1, -0.05) is 0 Å². The van der Waals surface area contributed by atoms with Gasteiger partial charge < -0.3 is 9.72 Å². The molecular weight excluding hydrogens is 363 g/mol. The molecule has 4 rings (SSSR count). The van der Waals surface area contributed by atoms with Crippen molar-refractivity contribution >= 4 is 22.9 Å². The molecule has 0 bridgehead atoms. The zero-order valence-corrected chi connectivity index (χ0v) is 15.6. The van der Waals surface area contributed by atoms with E-state index in [1.54, 1.807) is 46.2 Å². The Kier molecular flexibility index (Phi) is 4.45. The number of fused-ring (bicyclic) bond motifs is 1. The number of imidazole rings is 1. The van der Waals surface area contributed by atoms with Crippen molar-refractivity contribution in [3.05, 3.63) is 76.3 Å². The minimum Gasteiger partial charge on any atom is -0.344 e. The first kappa shape index (κ1) is 17.4. The number of rotatable bonds is 4. The highest BCUT2D eigenvalue weighted by Crippen LogP contribution is 2.20. The maximum absolute atomic E-state index is 13.1. The van der Waals surface area contributed by atoms with E-state index in [0.717, 1.165) is 22.0 Å². The number of aryl methyl sites for hydroxylation is 1. The number of thiazole rings is 1. The Labute approximate surface area is 159 Å². The van der Waals surface area contributed by atoms with Gasteiger partial charge in [0.25, 0.3) is 5.91 Å². The van der Waals surface area contributed by atoms with Gasteiger partial charge in [0.1, 0.15) is 11.5 Å². The van der Waals surface area contributed by atoms with Crippen LogP contribution in [0.25, 0.3) is 16.9 Å². The second kappa shape index (κ2) is 6.92. The van der Waals surface area contributed by atoms with Crippen LogP contribution in [-0.2, 0) is 0 Å². The number of nitrogens with zero attached hydrogens (tertiary/aromatic N) is 3. The predicted octanol–water partition coefficient (Wildman–Crippen LogP) is 4.40. The van der Waals surface area contributed by atoms with E-state index in [-0.39, 0.29) is 17.8 Å². The van der Waals surface area contributed by atoms with Gasteiger partial charge >= 0.3 is 0 Å². The van der Waals surface area contributed by atoms with Gasteiger partial charge in [-0.2, -0.15) is 0 Å². The number of hydrogen-bond acceptors (Lipinski definition) is 4. The standard InChI is InChI=1S/C20H17FN4OS/c1-12(18-11-27-13(2)23-18)22-20(26)15-5-8-19-24-17(10-25(19)9-15)14-3-6-16(21)7-4-14/h3-12H,1-2H3,(H,22,26)/t12-/m0/s1. The molecule has 1 atom stereocenters. The number of carbonyl (C=O) groups excluding carboxylic acids is 1. The first-order valence-corrected chi connectivity index (χ1v) is 9.35. The van der Waals surface area contributed by atoms with Crippen LogP contribution in [0.1, 0.15) is 34.0 Å². The van der Waals surface area contributed by atoms with Crippen molar-refractivity contribution in [2.75, 3.05) is 0 Å². The van der Waals surface area contributed by atoms with Crippen LogP contribution in [0.15, 0.2) is 54.2 Å². The maximum atomic E-state index is 13.1. The Balaban J connectivity index is 1.57. The summed E-state index contributed by atoms with van der Waals surface area (Å²) in [6, 6.07) is 9.53. The van der Waals surface area contributed by atoms with Gasteiger partial charge in [0.05, 0.1) is 28.0 Å². The molecule has 1 amide bonds. The second-order valence-electron chi connectivity index (χ2n) is 6.30. The molecule has 1 aromatic carbocycles. The van der Waals surface area contributed by atoms with E-state index in [0.29, 0.717) is 11.2 Å². The van der Waals surface area contributed by atoms with E-state index >= 15 is 0 Å². The van der Waals surface area contributed by atoms with Crippen LogP contribution >= 0.6 is 11.3 Å². The summed E-state index contributed by atoms with van der Waals surface area (Å²) in [7, 11) is 0. The van der Waals surface area contributed by atoms with E-state index in [1.807, 2.05) is 25.4 Å². The Bertz CT molecular complexity index is 1120. The fraction of sp³-hybridized carbons (Fsp3) is 0.150. The summed E-state index contributed by atoms with van der Waals surface area (Å²) in [5.41, 5.74) is 3.64. The molecule has 0 saturated heterocycles. The molecule has 0 fully saturated rings. The number of pyridine rings is 1. The summed E-state index contributed by atoms with van der Waals surface area (Å²) in [5.74, 6) is -0.460. The highest BCUT2D eigenvalue weighted by atomic mass is 32.1. The number of hydrogen-bond donors (Lipinski definition) is 1. The smallest absolute Gasteiger partial charge is 0.253 e. The van der Waals surface area contributed by atoms with Gasteiger partial charge in [-0.15, -0.1) is 11.3 Å². The van der Waals surface area contributed by atoms with Gasteiger partial charge in [0, 0.05) is 23.3 Å². The molecule has 136 valence electrons. The third kappa shape index (κ3) is 3.59. The van der Waals surface area contributed by atoms with Crippen molar-refractivity contribution in [1.29, 1.82) is 0 Å². The second-order valence-corrected chi connectivity index (χ2v) is 7.37. The number of amides is 1. The number of carbonyl (C=O) groups is 1. The summed E-state index contributed by atoms with van der Waals surface area (Å²) in [6.45, 7) is 3.85. The van der Waals surface area contributed by atoms with Crippen LogP contribution in [0.2, 0.25) is 0 Å². The van der Waals surface area contributed by atoms with Gasteiger partial charge in [0.2, 0.25) is 0 Å². The molecule has 0 unspecified atom stereocenters. The molecule has 7 heteroatoms. The lowest BCUT2D eigenvalue weighted by Gasteiger charge is -2.11. The van der Waals surface area contributed by atoms with E-state index in [9.17, 15) is 9.18 Å². The first-order chi connectivity index (χ1) is 13.0. The zero-order chi connectivity index (χ0) is 19.0. The van der Waals surface area contributed by atoms with Gasteiger partial charge in [-0.3, -0.25) is 4.79 Å². The molecule has 0 spiro atoms. The van der Waals surface area contributed by atoms with E-state index < -0.39 is 0 Å². The largest absolute Gasteiger partial charge is 0.344 e. The van der Waals surface area contributed by atoms with E-state index in [1.165, 1.54) is 12.1 Å². The molecular formula is C20H17FN4OS. The van der Waals surface area contributed by atoms with E-state index in [4.69, 9.17) is 0 Å². The molecule has 3 heterocycles. The summed E-state index contributed by atoms with van der Waals surface area (Å²) >= 11 is 1.56. The normalized spacial score (nSPS) is 12.3. The fourth-order valence-electron chi connectivity index (χ4n) is 2.82. The van der Waals surface area contributed by atoms with E-state index in [2.05, 4.69) is 15.3 Å². The van der Waals surface area contributed by atoms with Crippen LogP contribution in [0, 0.1) is 12.7 Å². The molecule has 27 heavy (non-hydrogen) atoms. The Morgan fingerprint density at radius 1 is 1.15 bits per heavy atom. The average molecular weight is 380 g/mol. The highest BCUT2D eigenvalue weighted by Gasteiger charge is 2.15. The van der Waals surface area contributed by atoms with Crippen molar-refractivity contribution in [3.63, 3.8) is 0 Å². The van der Waals surface area contributed by atoms with Crippen molar-refractivity contribution in [2.45, 2.75) is 19.9 Å². The van der Waals surface area contributed by atoms with Crippen LogP contribution in [0.5, 0.6) is 0 Å². The lowest BCUT2D eigenvalue weighted by atomic mass is 10.2. The van der Waals surface area contributed by atoms with Crippen LogP contribution in [0.3, 0.4) is 0 Å². The quantitative estimate of drug-likeness (QED) is 0.571. The Morgan fingerprint density at radius 3 is 2.63 bits per heavy atom. The number of nitrogens with one attached hydrogen (secondary N) is 1. The van der Waals surface area contributed by atoms with Crippen LogP contribution in [-0.4, -0.2) is 20.3 Å². The third-order valence-electron chi connectivity index (χ3n) is 4.28. The minimum absolute atomic E-state index is 0.171. The molecule has 0 radical (unpaired) electrons. The maximum Gasteiger partial charge on any atom is 0.253 e. The number of benzene rings is 1. The molecule has 5 nitrogen and oxygen atoms in total. The first-order valence-electron chi connectivity index (χ1n) is 8.47. The molecule has 1 N–H and O–H groups in total. The lowest BCUT2D eigenvalue weighted by molar-refractivity contribution is 0.0938. The molecule has 0 aliphatic rings. The van der Waals surface area contributed by atoms with Crippen molar-refractivity contribution in [1.82, 2.24) is 19.7 Å². The average Bonchev–Trinajstić information content (AvgIpc) is 3.27. The van der Waals surface area contributed by atoms with Crippen molar-refractivity contribution in [3.8, 4) is 11.3 Å². The van der Waals surface area contributed by atoms with Gasteiger partial charge in [-0.05, 0) is 50.2 Å². The van der Waals surface area contributed by atoms with Gasteiger partial charge in [0.15, 0.2) is 0 Å². The summed E-state index contributed by atoms with van der Waals surface area (Å²) in [6.07, 6.45) is 3.57. The topological polar surface area (TPSA) is 59.3 Å². The molecule has 3 aromatic heterocycles. The zero-order valence-electron chi connectivity index (χ0n) is 14.8. The molecule has 4 aromatic rings. The van der Waals surface area contributed by atoms with Gasteiger partial charge in [-0.25, -0.2) is 14.4 Å². The Hall–Kier alpha value is -3.06. The summed E-state index contributed by atoms with van der Waals surface area (Å²) in [4.78, 5) is 21.5. The van der Waals surface area contributed by atoms with Crippen LogP contribution < -0.4 is 5.32 Å². The fourth-order valence-corrected chi connectivity index (χ4v) is 3.53. The minimum atomic E-state index is -0.286. The number of aromatic nitrogens is 3. The molecule has 0 saturated carbocycles. The van der Waals surface area contributed by atoms with Crippen molar-refractivity contribution < 1.29 is 9.18 Å². The number of halogens is 1. The highest BCUT2D eigenvalue weighted by molar-refractivity contribution is 7.09. The third-order valence-corrected chi connectivity index (χ3v) is 5.07. The predicted molar refractivity (Wildman–Crippen MR) is 103 cm³/mol. The summed E-state index contributed by atoms with van der Waals surface area (Å²) in [5, 5.41) is 5.89. The molecule has 0 aliphatic heterocycles. The summed E-state index contributed by atoms with van der Waals surface area (Å²) < 4.78 is 14.9. The Morgan fingerprint density at radius 2 is 1.93 bits per heavy atom. The van der Waals surface area contributed by atoms with Crippen LogP contribution in [0.4, 0.5) is 4.39 Å². The SMILES string of the molecule is Cc1nc([C@H](C)NC(=O)c2ccc3nc(-c4ccc(F)cc4)cn3c2)cs1. The molecule has 0 aliphatic carbocycles. The monoisotopic (exact) mass is 380 g/mol. The lowest BCUT2D eigenvalue weighted by Crippen LogP contribution is -2.27. The van der Waals surface area contributed by atoms with Crippen molar-refractivity contribution in [2.24, 2.45) is 0 Å².